The standard InChI is InChI=1S/C7H9F3N2O/c8-7(9,10)5(1-3-11)6-2-4-13-12-6/h2,4-5H,1,3,11H2. The number of rotatable bonds is 3. The number of alkyl halides is 3. The van der Waals surface area contributed by atoms with Crippen molar-refractivity contribution in [3.63, 3.8) is 0 Å². The Bertz CT molecular complexity index is 245. The lowest BCUT2D eigenvalue weighted by Gasteiger charge is -2.16. The summed E-state index contributed by atoms with van der Waals surface area (Å²) in [7, 11) is 0. The monoisotopic (exact) mass is 194 g/mol. The maximum atomic E-state index is 12.3. The molecular formula is C7H9F3N2O. The summed E-state index contributed by atoms with van der Waals surface area (Å²) in [6, 6.07) is 1.20. The van der Waals surface area contributed by atoms with Crippen molar-refractivity contribution in [2.24, 2.45) is 5.73 Å². The smallest absolute Gasteiger partial charge is 0.364 e. The Labute approximate surface area is 72.7 Å². The molecule has 0 saturated carbocycles. The lowest BCUT2D eigenvalue weighted by Crippen LogP contribution is -2.23. The van der Waals surface area contributed by atoms with Crippen LogP contribution in [0.3, 0.4) is 0 Å². The van der Waals surface area contributed by atoms with Crippen molar-refractivity contribution in [3.8, 4) is 0 Å². The quantitative estimate of drug-likeness (QED) is 0.796. The van der Waals surface area contributed by atoms with E-state index in [1.165, 1.54) is 6.07 Å². The molecule has 0 radical (unpaired) electrons. The Morgan fingerprint density at radius 3 is 2.62 bits per heavy atom. The molecule has 0 amide bonds. The van der Waals surface area contributed by atoms with Crippen LogP contribution in [-0.4, -0.2) is 17.9 Å². The molecule has 1 heterocycles. The van der Waals surface area contributed by atoms with Gasteiger partial charge < -0.3 is 10.3 Å². The highest BCUT2D eigenvalue weighted by molar-refractivity contribution is 5.06. The minimum Gasteiger partial charge on any atom is -0.364 e. The van der Waals surface area contributed by atoms with Crippen molar-refractivity contribution in [1.29, 1.82) is 0 Å². The maximum Gasteiger partial charge on any atom is 0.397 e. The average Bonchev–Trinajstić information content (AvgIpc) is 2.49. The van der Waals surface area contributed by atoms with Gasteiger partial charge in [0.15, 0.2) is 0 Å². The van der Waals surface area contributed by atoms with E-state index >= 15 is 0 Å². The highest BCUT2D eigenvalue weighted by atomic mass is 19.4. The van der Waals surface area contributed by atoms with Crippen LogP contribution in [0.1, 0.15) is 18.0 Å². The van der Waals surface area contributed by atoms with Gasteiger partial charge >= 0.3 is 6.18 Å². The molecule has 1 aromatic heterocycles. The first-order chi connectivity index (χ1) is 6.05. The van der Waals surface area contributed by atoms with Crippen LogP contribution < -0.4 is 5.73 Å². The first-order valence-electron chi connectivity index (χ1n) is 3.72. The van der Waals surface area contributed by atoms with Gasteiger partial charge in [-0.3, -0.25) is 0 Å². The summed E-state index contributed by atoms with van der Waals surface area (Å²) in [5.74, 6) is -1.61. The summed E-state index contributed by atoms with van der Waals surface area (Å²) < 4.78 is 41.3. The molecule has 3 nitrogen and oxygen atoms in total. The molecule has 13 heavy (non-hydrogen) atoms. The lowest BCUT2D eigenvalue weighted by atomic mass is 10.0. The number of hydrogen-bond acceptors (Lipinski definition) is 3. The molecule has 0 fully saturated rings. The van der Waals surface area contributed by atoms with Crippen LogP contribution in [0.15, 0.2) is 16.9 Å². The molecule has 0 saturated heterocycles. The second-order valence-electron chi connectivity index (χ2n) is 2.60. The van der Waals surface area contributed by atoms with Crippen molar-refractivity contribution in [2.45, 2.75) is 18.5 Å². The van der Waals surface area contributed by atoms with Crippen LogP contribution in [-0.2, 0) is 0 Å². The Balaban J connectivity index is 2.81. The van der Waals surface area contributed by atoms with Gasteiger partial charge in [0.25, 0.3) is 0 Å². The van der Waals surface area contributed by atoms with Crippen molar-refractivity contribution < 1.29 is 17.7 Å². The Morgan fingerprint density at radius 1 is 1.54 bits per heavy atom. The summed E-state index contributed by atoms with van der Waals surface area (Å²) in [4.78, 5) is 0. The van der Waals surface area contributed by atoms with E-state index in [2.05, 4.69) is 9.68 Å². The summed E-state index contributed by atoms with van der Waals surface area (Å²) >= 11 is 0. The van der Waals surface area contributed by atoms with E-state index in [1.807, 2.05) is 0 Å². The number of nitrogens with two attached hydrogens (primary N) is 1. The van der Waals surface area contributed by atoms with Crippen molar-refractivity contribution in [1.82, 2.24) is 5.16 Å². The zero-order chi connectivity index (χ0) is 9.90. The van der Waals surface area contributed by atoms with E-state index in [0.717, 1.165) is 6.26 Å². The van der Waals surface area contributed by atoms with Crippen LogP contribution >= 0.6 is 0 Å². The zero-order valence-corrected chi connectivity index (χ0v) is 6.71. The minimum absolute atomic E-state index is 0.0307. The highest BCUT2D eigenvalue weighted by Gasteiger charge is 2.41. The second-order valence-corrected chi connectivity index (χ2v) is 2.60. The van der Waals surface area contributed by atoms with Crippen LogP contribution in [0.4, 0.5) is 13.2 Å². The first-order valence-corrected chi connectivity index (χ1v) is 3.72. The number of nitrogens with zero attached hydrogens (tertiary/aromatic N) is 1. The highest BCUT2D eigenvalue weighted by Crippen LogP contribution is 2.35. The molecule has 6 heteroatoms. The van der Waals surface area contributed by atoms with Gasteiger partial charge in [-0.05, 0) is 13.0 Å². The normalized spacial score (nSPS) is 14.5. The zero-order valence-electron chi connectivity index (χ0n) is 6.71. The molecule has 0 aromatic carbocycles. The summed E-state index contributed by atoms with van der Waals surface area (Å²) in [6.07, 6.45) is -3.36. The molecule has 2 N–H and O–H groups in total. The predicted molar refractivity (Wildman–Crippen MR) is 39.0 cm³/mol. The van der Waals surface area contributed by atoms with Crippen molar-refractivity contribution >= 4 is 0 Å². The van der Waals surface area contributed by atoms with Gasteiger partial charge in [0.05, 0.1) is 5.69 Å². The van der Waals surface area contributed by atoms with E-state index in [9.17, 15) is 13.2 Å². The Morgan fingerprint density at radius 2 is 2.23 bits per heavy atom. The van der Waals surface area contributed by atoms with Gasteiger partial charge in [-0.2, -0.15) is 13.2 Å². The largest absolute Gasteiger partial charge is 0.397 e. The van der Waals surface area contributed by atoms with Crippen LogP contribution in [0.25, 0.3) is 0 Å². The molecule has 74 valence electrons. The number of halogens is 3. The fourth-order valence-corrected chi connectivity index (χ4v) is 1.05. The van der Waals surface area contributed by atoms with Crippen molar-refractivity contribution in [3.05, 3.63) is 18.0 Å². The van der Waals surface area contributed by atoms with Crippen LogP contribution in [0, 0.1) is 0 Å². The molecule has 0 aliphatic carbocycles. The molecule has 0 aliphatic heterocycles. The Kier molecular flexibility index (Phi) is 2.92. The predicted octanol–water partition coefficient (Wildman–Crippen LogP) is 1.67. The fourth-order valence-electron chi connectivity index (χ4n) is 1.05. The van der Waals surface area contributed by atoms with Crippen LogP contribution in [0.2, 0.25) is 0 Å². The van der Waals surface area contributed by atoms with Gasteiger partial charge in [-0.25, -0.2) is 0 Å². The average molecular weight is 194 g/mol. The van der Waals surface area contributed by atoms with Gasteiger partial charge in [-0.1, -0.05) is 5.16 Å². The molecular weight excluding hydrogens is 185 g/mol. The maximum absolute atomic E-state index is 12.3. The first kappa shape index (κ1) is 10.0. The van der Waals surface area contributed by atoms with E-state index in [4.69, 9.17) is 5.73 Å². The topological polar surface area (TPSA) is 52.0 Å². The Hall–Kier alpha value is -1.04. The lowest BCUT2D eigenvalue weighted by molar-refractivity contribution is -0.152. The van der Waals surface area contributed by atoms with E-state index < -0.39 is 12.1 Å². The third-order valence-corrected chi connectivity index (χ3v) is 1.67. The van der Waals surface area contributed by atoms with Crippen LogP contribution in [0.5, 0.6) is 0 Å². The number of hydrogen-bond donors (Lipinski definition) is 1. The minimum atomic E-state index is -4.31. The number of aromatic nitrogens is 1. The molecule has 1 unspecified atom stereocenters. The van der Waals surface area contributed by atoms with E-state index in [1.54, 1.807) is 0 Å². The van der Waals surface area contributed by atoms with Gasteiger partial charge in [0.1, 0.15) is 12.2 Å². The molecule has 1 rings (SSSR count). The summed E-state index contributed by atoms with van der Waals surface area (Å²) in [6.45, 7) is -0.0307. The van der Waals surface area contributed by atoms with Gasteiger partial charge in [0.2, 0.25) is 0 Å². The van der Waals surface area contributed by atoms with Gasteiger partial charge in [0, 0.05) is 6.07 Å². The van der Waals surface area contributed by atoms with Gasteiger partial charge in [-0.15, -0.1) is 0 Å². The molecule has 1 aromatic rings. The summed E-state index contributed by atoms with van der Waals surface area (Å²) in [5, 5.41) is 3.25. The summed E-state index contributed by atoms with van der Waals surface area (Å²) in [5.41, 5.74) is 4.96. The second kappa shape index (κ2) is 3.78. The molecule has 0 aliphatic rings. The third-order valence-electron chi connectivity index (χ3n) is 1.67. The molecule has 0 spiro atoms. The molecule has 0 bridgehead atoms. The SMILES string of the molecule is NCCC(c1ccon1)C(F)(F)F. The van der Waals surface area contributed by atoms with E-state index in [0.29, 0.717) is 0 Å². The van der Waals surface area contributed by atoms with Crippen molar-refractivity contribution in [2.75, 3.05) is 6.54 Å². The van der Waals surface area contributed by atoms with E-state index in [-0.39, 0.29) is 18.7 Å². The fraction of sp³-hybridized carbons (Fsp3) is 0.571. The molecule has 1 atom stereocenters. The third kappa shape index (κ3) is 2.45.